The summed E-state index contributed by atoms with van der Waals surface area (Å²) < 4.78 is 25.7. The molecular weight excluding hydrogens is 262 g/mol. The van der Waals surface area contributed by atoms with Crippen LogP contribution in [0.4, 0.5) is 0 Å². The molecule has 0 aromatic rings. The Labute approximate surface area is 106 Å². The van der Waals surface area contributed by atoms with Crippen molar-refractivity contribution in [2.45, 2.75) is 37.5 Å². The zero-order valence-electron chi connectivity index (χ0n) is 9.63. The second-order valence-corrected chi connectivity index (χ2v) is 6.55. The van der Waals surface area contributed by atoms with Crippen molar-refractivity contribution in [3.05, 3.63) is 0 Å². The predicted molar refractivity (Wildman–Crippen MR) is 68.7 cm³/mol. The van der Waals surface area contributed by atoms with Gasteiger partial charge in [0.25, 0.3) is 0 Å². The van der Waals surface area contributed by atoms with E-state index in [9.17, 15) is 13.2 Å². The Hall–Kier alpha value is -0.730. The molecule has 1 amide bonds. The zero-order valence-corrected chi connectivity index (χ0v) is 11.3. The highest BCUT2D eigenvalue weighted by Crippen LogP contribution is 2.24. The van der Waals surface area contributed by atoms with Gasteiger partial charge in [-0.2, -0.15) is 4.31 Å². The summed E-state index contributed by atoms with van der Waals surface area (Å²) in [5.74, 6) is -0.621. The van der Waals surface area contributed by atoms with Crippen molar-refractivity contribution >= 4 is 33.1 Å². The van der Waals surface area contributed by atoms with Crippen LogP contribution in [0, 0.1) is 0 Å². The number of carbonyl (C=O) groups excluding carboxylic acids is 1. The molecule has 8 heteroatoms. The minimum absolute atomic E-state index is 0.0670. The van der Waals surface area contributed by atoms with Crippen LogP contribution in [-0.2, 0) is 14.8 Å². The lowest BCUT2D eigenvalue weighted by molar-refractivity contribution is -0.121. The van der Waals surface area contributed by atoms with Crippen LogP contribution < -0.4 is 11.5 Å². The third-order valence-electron chi connectivity index (χ3n) is 2.91. The largest absolute Gasteiger partial charge is 0.392 e. The van der Waals surface area contributed by atoms with Gasteiger partial charge in [0.2, 0.25) is 15.9 Å². The molecule has 0 bridgehead atoms. The molecule has 0 radical (unpaired) electrons. The van der Waals surface area contributed by atoms with E-state index < -0.39 is 27.2 Å². The van der Waals surface area contributed by atoms with Crippen molar-refractivity contribution < 1.29 is 13.2 Å². The molecule has 1 rings (SSSR count). The third kappa shape index (κ3) is 2.75. The molecule has 0 spiro atoms. The molecule has 1 fully saturated rings. The quantitative estimate of drug-likeness (QED) is 0.649. The van der Waals surface area contributed by atoms with Gasteiger partial charge in [-0.3, -0.25) is 4.79 Å². The fraction of sp³-hybridized carbons (Fsp3) is 0.778. The van der Waals surface area contributed by atoms with Gasteiger partial charge in [-0.05, 0) is 19.3 Å². The Morgan fingerprint density at radius 1 is 1.53 bits per heavy atom. The highest BCUT2D eigenvalue weighted by atomic mass is 32.2. The van der Waals surface area contributed by atoms with Gasteiger partial charge < -0.3 is 11.5 Å². The van der Waals surface area contributed by atoms with Crippen LogP contribution in [0.2, 0.25) is 0 Å². The Morgan fingerprint density at radius 3 is 2.53 bits per heavy atom. The van der Waals surface area contributed by atoms with Crippen LogP contribution >= 0.6 is 12.2 Å². The fourth-order valence-electron chi connectivity index (χ4n) is 2.05. The van der Waals surface area contributed by atoms with Crippen molar-refractivity contribution in [1.29, 1.82) is 0 Å². The van der Waals surface area contributed by atoms with Gasteiger partial charge in [-0.15, -0.1) is 0 Å². The number of thiocarbonyl (C=S) groups is 1. The van der Waals surface area contributed by atoms with E-state index in [2.05, 4.69) is 0 Å². The number of hydrogen-bond donors (Lipinski definition) is 2. The summed E-state index contributed by atoms with van der Waals surface area (Å²) in [7, 11) is -3.68. The van der Waals surface area contributed by atoms with E-state index >= 15 is 0 Å². The van der Waals surface area contributed by atoms with E-state index in [0.717, 1.165) is 4.31 Å². The van der Waals surface area contributed by atoms with E-state index in [4.69, 9.17) is 23.7 Å². The summed E-state index contributed by atoms with van der Waals surface area (Å²) in [5.41, 5.74) is 10.6. The van der Waals surface area contributed by atoms with E-state index in [1.165, 1.54) is 0 Å². The summed E-state index contributed by atoms with van der Waals surface area (Å²) in [6, 6.07) is -0.761. The Balaban J connectivity index is 3.05. The maximum atomic E-state index is 12.3. The highest BCUT2D eigenvalue weighted by Gasteiger charge is 2.41. The van der Waals surface area contributed by atoms with Gasteiger partial charge in [-0.25, -0.2) is 8.42 Å². The molecule has 0 aromatic heterocycles. The van der Waals surface area contributed by atoms with Gasteiger partial charge in [-0.1, -0.05) is 19.1 Å². The topological polar surface area (TPSA) is 106 Å². The minimum Gasteiger partial charge on any atom is -0.392 e. The van der Waals surface area contributed by atoms with Crippen LogP contribution in [-0.4, -0.2) is 41.5 Å². The monoisotopic (exact) mass is 279 g/mol. The molecule has 1 aliphatic rings. The first-order chi connectivity index (χ1) is 7.82. The third-order valence-corrected chi connectivity index (χ3v) is 5.74. The lowest BCUT2D eigenvalue weighted by Crippen LogP contribution is -2.50. The number of nitrogens with zero attached hydrogens (tertiary/aromatic N) is 1. The molecular formula is C9H17N3O3S2. The molecule has 0 saturated carbocycles. The average molecular weight is 279 g/mol. The SMILES string of the molecule is CCC(C(N)=S)S(=O)(=O)N1CCCC1C(N)=O. The van der Waals surface area contributed by atoms with Crippen molar-refractivity contribution in [3.8, 4) is 0 Å². The number of hydrogen-bond acceptors (Lipinski definition) is 4. The lowest BCUT2D eigenvalue weighted by atomic mass is 10.2. The van der Waals surface area contributed by atoms with E-state index in [1.807, 2.05) is 0 Å². The number of carbonyl (C=O) groups is 1. The normalized spacial score (nSPS) is 23.5. The van der Waals surface area contributed by atoms with Crippen LogP contribution in [0.15, 0.2) is 0 Å². The molecule has 0 aromatic carbocycles. The number of sulfonamides is 1. The van der Waals surface area contributed by atoms with Gasteiger partial charge in [0.1, 0.15) is 11.3 Å². The molecule has 17 heavy (non-hydrogen) atoms. The first-order valence-electron chi connectivity index (χ1n) is 5.41. The molecule has 2 atom stereocenters. The number of amides is 1. The molecule has 1 saturated heterocycles. The summed E-state index contributed by atoms with van der Waals surface area (Å²) in [6.07, 6.45) is 1.38. The highest BCUT2D eigenvalue weighted by molar-refractivity contribution is 7.92. The van der Waals surface area contributed by atoms with Gasteiger partial charge in [0.05, 0.1) is 4.99 Å². The second kappa shape index (κ2) is 5.28. The molecule has 2 unspecified atom stereocenters. The van der Waals surface area contributed by atoms with E-state index in [0.29, 0.717) is 25.8 Å². The fourth-order valence-corrected chi connectivity index (χ4v) is 4.57. The van der Waals surface area contributed by atoms with Gasteiger partial charge in [0.15, 0.2) is 0 Å². The van der Waals surface area contributed by atoms with Crippen LogP contribution in [0.5, 0.6) is 0 Å². The zero-order chi connectivity index (χ0) is 13.2. The van der Waals surface area contributed by atoms with E-state index in [-0.39, 0.29) is 4.99 Å². The van der Waals surface area contributed by atoms with Gasteiger partial charge >= 0.3 is 0 Å². The second-order valence-electron chi connectivity index (χ2n) is 4.02. The standard InChI is InChI=1S/C9H17N3O3S2/c1-2-7(9(11)16)17(14,15)12-5-3-4-6(12)8(10)13/h6-7H,2-5H2,1H3,(H2,10,13)(H2,11,16). The molecule has 1 aliphatic heterocycles. The number of rotatable bonds is 5. The molecule has 98 valence electrons. The summed E-state index contributed by atoms with van der Waals surface area (Å²) in [5, 5.41) is -0.919. The number of nitrogens with two attached hydrogens (primary N) is 2. The number of primary amides is 1. The Bertz CT molecular complexity index is 421. The lowest BCUT2D eigenvalue weighted by Gasteiger charge is -2.26. The molecule has 1 heterocycles. The minimum atomic E-state index is -3.68. The van der Waals surface area contributed by atoms with Crippen molar-refractivity contribution in [2.24, 2.45) is 11.5 Å². The van der Waals surface area contributed by atoms with Crippen molar-refractivity contribution in [3.63, 3.8) is 0 Å². The molecule has 4 N–H and O–H groups in total. The Morgan fingerprint density at radius 2 is 2.12 bits per heavy atom. The first kappa shape index (κ1) is 14.3. The predicted octanol–water partition coefficient (Wildman–Crippen LogP) is -0.669. The van der Waals surface area contributed by atoms with E-state index in [1.54, 1.807) is 6.92 Å². The summed E-state index contributed by atoms with van der Waals surface area (Å²) in [4.78, 5) is 11.1. The average Bonchev–Trinajstić information content (AvgIpc) is 2.65. The molecule has 6 nitrogen and oxygen atoms in total. The molecule has 0 aliphatic carbocycles. The van der Waals surface area contributed by atoms with Crippen molar-refractivity contribution in [1.82, 2.24) is 4.31 Å². The maximum Gasteiger partial charge on any atom is 0.235 e. The Kier molecular flexibility index (Phi) is 4.45. The van der Waals surface area contributed by atoms with Crippen LogP contribution in [0.1, 0.15) is 26.2 Å². The summed E-state index contributed by atoms with van der Waals surface area (Å²) in [6.45, 7) is 1.99. The smallest absolute Gasteiger partial charge is 0.235 e. The van der Waals surface area contributed by atoms with Gasteiger partial charge in [0, 0.05) is 6.54 Å². The van der Waals surface area contributed by atoms with Crippen LogP contribution in [0.25, 0.3) is 0 Å². The summed E-state index contributed by atoms with van der Waals surface area (Å²) >= 11 is 4.76. The first-order valence-corrected chi connectivity index (χ1v) is 7.32. The van der Waals surface area contributed by atoms with Crippen molar-refractivity contribution in [2.75, 3.05) is 6.54 Å². The maximum absolute atomic E-state index is 12.3. The van der Waals surface area contributed by atoms with Crippen LogP contribution in [0.3, 0.4) is 0 Å².